The van der Waals surface area contributed by atoms with Gasteiger partial charge in [0.05, 0.1) is 0 Å². The molecule has 0 heterocycles. The van der Waals surface area contributed by atoms with Crippen molar-refractivity contribution in [2.45, 2.75) is 13.3 Å². The molecule has 0 aromatic heterocycles. The molecule has 0 aliphatic heterocycles. The third-order valence-corrected chi connectivity index (χ3v) is 3.17. The Morgan fingerprint density at radius 2 is 1.91 bits per heavy atom. The predicted octanol–water partition coefficient (Wildman–Crippen LogP) is 3.46. The van der Waals surface area contributed by atoms with Gasteiger partial charge >= 0.3 is 0 Å². The van der Waals surface area contributed by atoms with Crippen LogP contribution < -0.4 is 15.4 Å². The van der Waals surface area contributed by atoms with E-state index in [1.807, 2.05) is 25.1 Å². The van der Waals surface area contributed by atoms with E-state index in [0.29, 0.717) is 31.0 Å². The molecule has 1 amide bonds. The maximum atomic E-state index is 12.8. The van der Waals surface area contributed by atoms with E-state index in [0.717, 1.165) is 12.1 Å². The van der Waals surface area contributed by atoms with E-state index in [1.54, 1.807) is 18.2 Å². The van der Waals surface area contributed by atoms with Gasteiger partial charge in [0, 0.05) is 24.3 Å². The first kappa shape index (κ1) is 16.8. The van der Waals surface area contributed by atoms with Gasteiger partial charge in [0.15, 0.2) is 0 Å². The van der Waals surface area contributed by atoms with E-state index in [4.69, 9.17) is 4.74 Å². The summed E-state index contributed by atoms with van der Waals surface area (Å²) >= 11 is 0. The summed E-state index contributed by atoms with van der Waals surface area (Å²) in [6.45, 7) is 3.71. The van der Waals surface area contributed by atoms with Crippen molar-refractivity contribution in [1.29, 1.82) is 0 Å². The second-order valence-corrected chi connectivity index (χ2v) is 5.07. The lowest BCUT2D eigenvalue weighted by Gasteiger charge is -2.10. The smallest absolute Gasteiger partial charge is 0.251 e. The summed E-state index contributed by atoms with van der Waals surface area (Å²) in [6, 6.07) is 13.2. The van der Waals surface area contributed by atoms with E-state index in [-0.39, 0.29) is 11.7 Å². The highest BCUT2D eigenvalue weighted by Crippen LogP contribution is 2.12. The predicted molar refractivity (Wildman–Crippen MR) is 89.5 cm³/mol. The Balaban J connectivity index is 1.79. The lowest BCUT2D eigenvalue weighted by molar-refractivity contribution is 0.0953. The molecule has 0 aliphatic carbocycles. The van der Waals surface area contributed by atoms with Crippen molar-refractivity contribution in [1.82, 2.24) is 5.32 Å². The zero-order valence-electron chi connectivity index (χ0n) is 13.1. The van der Waals surface area contributed by atoms with Crippen LogP contribution in [-0.2, 0) is 0 Å². The molecule has 0 spiro atoms. The summed E-state index contributed by atoms with van der Waals surface area (Å²) in [5.41, 5.74) is 1.49. The highest BCUT2D eigenvalue weighted by molar-refractivity contribution is 5.95. The van der Waals surface area contributed by atoms with Gasteiger partial charge in [-0.15, -0.1) is 0 Å². The van der Waals surface area contributed by atoms with Gasteiger partial charge in [-0.2, -0.15) is 0 Å². The van der Waals surface area contributed by atoms with Crippen LogP contribution in [0.2, 0.25) is 0 Å². The van der Waals surface area contributed by atoms with Crippen molar-refractivity contribution in [2.24, 2.45) is 0 Å². The highest BCUT2D eigenvalue weighted by atomic mass is 19.1. The fourth-order valence-corrected chi connectivity index (χ4v) is 2.01. The number of amides is 1. The van der Waals surface area contributed by atoms with Crippen LogP contribution in [0.3, 0.4) is 0 Å². The van der Waals surface area contributed by atoms with E-state index < -0.39 is 0 Å². The van der Waals surface area contributed by atoms with Crippen LogP contribution in [0, 0.1) is 5.82 Å². The van der Waals surface area contributed by atoms with Gasteiger partial charge < -0.3 is 15.4 Å². The Bertz CT molecular complexity index is 629. The Morgan fingerprint density at radius 1 is 1.13 bits per heavy atom. The molecule has 4 nitrogen and oxygen atoms in total. The van der Waals surface area contributed by atoms with Crippen LogP contribution in [0.1, 0.15) is 23.7 Å². The molecule has 23 heavy (non-hydrogen) atoms. The van der Waals surface area contributed by atoms with Crippen molar-refractivity contribution < 1.29 is 13.9 Å². The van der Waals surface area contributed by atoms with E-state index in [2.05, 4.69) is 10.6 Å². The molecule has 5 heteroatoms. The fourth-order valence-electron chi connectivity index (χ4n) is 2.01. The summed E-state index contributed by atoms with van der Waals surface area (Å²) in [4.78, 5) is 11.9. The summed E-state index contributed by atoms with van der Waals surface area (Å²) in [5, 5.41) is 6.05. The third-order valence-electron chi connectivity index (χ3n) is 3.17. The number of hydrogen-bond donors (Lipinski definition) is 2. The number of carbonyl (C=O) groups is 1. The van der Waals surface area contributed by atoms with Crippen LogP contribution in [0.4, 0.5) is 10.1 Å². The maximum absolute atomic E-state index is 12.8. The van der Waals surface area contributed by atoms with Gasteiger partial charge in [-0.1, -0.05) is 13.0 Å². The lowest BCUT2D eigenvalue weighted by atomic mass is 10.2. The van der Waals surface area contributed by atoms with Crippen molar-refractivity contribution >= 4 is 11.6 Å². The average Bonchev–Trinajstić information content (AvgIpc) is 2.58. The molecule has 2 aromatic rings. The molecule has 0 unspecified atom stereocenters. The van der Waals surface area contributed by atoms with Gasteiger partial charge in [-0.05, 0) is 48.9 Å². The number of ether oxygens (including phenoxy) is 1. The van der Waals surface area contributed by atoms with Gasteiger partial charge in [-0.3, -0.25) is 4.79 Å². The van der Waals surface area contributed by atoms with Gasteiger partial charge in [0.25, 0.3) is 5.91 Å². The van der Waals surface area contributed by atoms with Crippen molar-refractivity contribution in [3.8, 4) is 5.75 Å². The Hall–Kier alpha value is -2.56. The van der Waals surface area contributed by atoms with Crippen LogP contribution in [0.25, 0.3) is 0 Å². The van der Waals surface area contributed by atoms with E-state index in [1.165, 1.54) is 12.1 Å². The first-order valence-corrected chi connectivity index (χ1v) is 7.69. The van der Waals surface area contributed by atoms with Crippen LogP contribution in [0.15, 0.2) is 48.5 Å². The zero-order chi connectivity index (χ0) is 16.5. The van der Waals surface area contributed by atoms with Crippen molar-refractivity contribution in [3.63, 3.8) is 0 Å². The average molecular weight is 316 g/mol. The largest absolute Gasteiger partial charge is 0.492 e. The zero-order valence-corrected chi connectivity index (χ0v) is 13.1. The number of nitrogens with one attached hydrogen (secondary N) is 2. The van der Waals surface area contributed by atoms with Crippen LogP contribution in [0.5, 0.6) is 5.75 Å². The van der Waals surface area contributed by atoms with Gasteiger partial charge in [0.2, 0.25) is 0 Å². The molecular formula is C18H21FN2O2. The molecule has 0 radical (unpaired) electrons. The first-order chi connectivity index (χ1) is 11.2. The number of benzene rings is 2. The molecule has 0 bridgehead atoms. The Kier molecular flexibility index (Phi) is 6.41. The minimum absolute atomic E-state index is 0.0712. The molecular weight excluding hydrogens is 295 g/mol. The Labute approximate surface area is 135 Å². The molecule has 0 atom stereocenters. The normalized spacial score (nSPS) is 10.2. The molecule has 0 aliphatic rings. The molecule has 122 valence electrons. The minimum atomic E-state index is -0.284. The standard InChI is InChI=1S/C18H21FN2O2/c1-2-10-21-18(22)14-4-3-5-16(13-14)20-11-12-23-17-8-6-15(19)7-9-17/h3-9,13,20H,2,10-12H2,1H3,(H,21,22). The molecule has 2 aromatic carbocycles. The molecule has 2 rings (SSSR count). The van der Waals surface area contributed by atoms with Crippen LogP contribution >= 0.6 is 0 Å². The molecule has 0 saturated heterocycles. The topological polar surface area (TPSA) is 50.4 Å². The number of rotatable bonds is 8. The number of anilines is 1. The van der Waals surface area contributed by atoms with Crippen LogP contribution in [-0.4, -0.2) is 25.6 Å². The monoisotopic (exact) mass is 316 g/mol. The molecule has 0 saturated carbocycles. The number of carbonyl (C=O) groups excluding carboxylic acids is 1. The highest BCUT2D eigenvalue weighted by Gasteiger charge is 2.04. The van der Waals surface area contributed by atoms with Gasteiger partial charge in [-0.25, -0.2) is 4.39 Å². The van der Waals surface area contributed by atoms with E-state index in [9.17, 15) is 9.18 Å². The third kappa shape index (κ3) is 5.62. The summed E-state index contributed by atoms with van der Waals surface area (Å²) in [5.74, 6) is 0.271. The van der Waals surface area contributed by atoms with Crippen molar-refractivity contribution in [3.05, 3.63) is 59.9 Å². The second-order valence-electron chi connectivity index (χ2n) is 5.07. The first-order valence-electron chi connectivity index (χ1n) is 7.69. The summed E-state index contributed by atoms with van der Waals surface area (Å²) in [7, 11) is 0. The number of hydrogen-bond acceptors (Lipinski definition) is 3. The van der Waals surface area contributed by atoms with Crippen molar-refractivity contribution in [2.75, 3.05) is 25.0 Å². The lowest BCUT2D eigenvalue weighted by Crippen LogP contribution is -2.24. The quantitative estimate of drug-likeness (QED) is 0.733. The van der Waals surface area contributed by atoms with E-state index >= 15 is 0 Å². The second kappa shape index (κ2) is 8.78. The van der Waals surface area contributed by atoms with Gasteiger partial charge in [0.1, 0.15) is 18.2 Å². The molecule has 0 fully saturated rings. The summed E-state index contributed by atoms with van der Waals surface area (Å²) in [6.07, 6.45) is 0.907. The summed E-state index contributed by atoms with van der Waals surface area (Å²) < 4.78 is 18.3. The maximum Gasteiger partial charge on any atom is 0.251 e. The minimum Gasteiger partial charge on any atom is -0.492 e. The fraction of sp³-hybridized carbons (Fsp3) is 0.278. The molecule has 2 N–H and O–H groups in total. The SMILES string of the molecule is CCCNC(=O)c1cccc(NCCOc2ccc(F)cc2)c1. The number of halogens is 1. The Morgan fingerprint density at radius 3 is 2.65 bits per heavy atom.